The van der Waals surface area contributed by atoms with Crippen LogP contribution in [0, 0.1) is 5.82 Å². The first-order chi connectivity index (χ1) is 14.4. The summed E-state index contributed by atoms with van der Waals surface area (Å²) in [5, 5.41) is 13.4. The molecule has 5 rings (SSSR count). The SMILES string of the molecule is O=C(O)CN1C(=O)C(=c2sc3nc(-c4ccc(F)cc4)nn3c2=O)c2ccccc21. The Kier molecular flexibility index (Phi) is 3.97. The number of hydrogen-bond acceptors (Lipinski definition) is 6. The number of anilines is 1. The third-order valence-corrected chi connectivity index (χ3v) is 5.73. The fourth-order valence-electron chi connectivity index (χ4n) is 3.40. The topological polar surface area (TPSA) is 105 Å². The van der Waals surface area contributed by atoms with E-state index in [-0.39, 0.29) is 20.9 Å². The number of carbonyl (C=O) groups is 2. The van der Waals surface area contributed by atoms with E-state index in [4.69, 9.17) is 5.11 Å². The van der Waals surface area contributed by atoms with Crippen molar-refractivity contribution in [1.82, 2.24) is 14.6 Å². The molecule has 10 heteroatoms. The van der Waals surface area contributed by atoms with Crippen molar-refractivity contribution in [2.24, 2.45) is 0 Å². The van der Waals surface area contributed by atoms with Crippen molar-refractivity contribution in [2.75, 3.05) is 11.4 Å². The normalized spacial score (nSPS) is 15.1. The van der Waals surface area contributed by atoms with Gasteiger partial charge in [-0.05, 0) is 30.3 Å². The average molecular weight is 422 g/mol. The van der Waals surface area contributed by atoms with Gasteiger partial charge in [0.15, 0.2) is 5.82 Å². The van der Waals surface area contributed by atoms with Crippen molar-refractivity contribution in [1.29, 1.82) is 0 Å². The molecule has 0 spiro atoms. The number of carbonyl (C=O) groups excluding carboxylic acids is 1. The maximum Gasteiger partial charge on any atom is 0.323 e. The van der Waals surface area contributed by atoms with Gasteiger partial charge in [0, 0.05) is 11.1 Å². The molecule has 0 fully saturated rings. The first-order valence-corrected chi connectivity index (χ1v) is 9.58. The summed E-state index contributed by atoms with van der Waals surface area (Å²) in [7, 11) is 0. The zero-order chi connectivity index (χ0) is 21.0. The Hall–Kier alpha value is -3.92. The lowest BCUT2D eigenvalue weighted by atomic mass is 10.1. The van der Waals surface area contributed by atoms with Crippen molar-refractivity contribution in [3.63, 3.8) is 0 Å². The Morgan fingerprint density at radius 2 is 1.83 bits per heavy atom. The first-order valence-electron chi connectivity index (χ1n) is 8.77. The number of para-hydroxylation sites is 1. The lowest BCUT2D eigenvalue weighted by Crippen LogP contribution is -2.35. The predicted octanol–water partition coefficient (Wildman–Crippen LogP) is 1.31. The molecular weight excluding hydrogens is 411 g/mol. The molecule has 0 radical (unpaired) electrons. The number of benzene rings is 2. The summed E-state index contributed by atoms with van der Waals surface area (Å²) in [6.45, 7) is -0.511. The van der Waals surface area contributed by atoms with E-state index in [0.29, 0.717) is 16.8 Å². The molecule has 1 N–H and O–H groups in total. The van der Waals surface area contributed by atoms with Crippen LogP contribution in [0.25, 0.3) is 21.9 Å². The zero-order valence-corrected chi connectivity index (χ0v) is 15.9. The van der Waals surface area contributed by atoms with Gasteiger partial charge in [-0.3, -0.25) is 19.3 Å². The largest absolute Gasteiger partial charge is 0.480 e. The molecule has 148 valence electrons. The number of halogens is 1. The van der Waals surface area contributed by atoms with E-state index >= 15 is 0 Å². The first kappa shape index (κ1) is 18.1. The molecule has 3 heterocycles. The third kappa shape index (κ3) is 2.69. The van der Waals surface area contributed by atoms with Crippen LogP contribution in [0.1, 0.15) is 5.56 Å². The van der Waals surface area contributed by atoms with Gasteiger partial charge < -0.3 is 5.11 Å². The van der Waals surface area contributed by atoms with E-state index < -0.39 is 29.8 Å². The van der Waals surface area contributed by atoms with E-state index in [1.807, 2.05) is 0 Å². The number of aliphatic carboxylic acids is 1. The molecule has 1 aliphatic heterocycles. The molecule has 4 aromatic rings. The highest BCUT2D eigenvalue weighted by molar-refractivity contribution is 7.15. The van der Waals surface area contributed by atoms with Crippen LogP contribution >= 0.6 is 11.3 Å². The molecule has 1 amide bonds. The summed E-state index contributed by atoms with van der Waals surface area (Å²) in [5.74, 6) is -1.85. The number of hydrogen-bond donors (Lipinski definition) is 1. The van der Waals surface area contributed by atoms with Crippen molar-refractivity contribution in [3.05, 3.63) is 74.8 Å². The molecule has 0 atom stereocenters. The van der Waals surface area contributed by atoms with Crippen LogP contribution in [-0.4, -0.2) is 38.1 Å². The summed E-state index contributed by atoms with van der Waals surface area (Å²) < 4.78 is 14.4. The number of aromatic nitrogens is 3. The van der Waals surface area contributed by atoms with Gasteiger partial charge in [0.2, 0.25) is 4.96 Å². The Morgan fingerprint density at radius 1 is 1.10 bits per heavy atom. The number of nitrogens with zero attached hydrogens (tertiary/aromatic N) is 4. The van der Waals surface area contributed by atoms with E-state index in [2.05, 4.69) is 10.1 Å². The molecule has 0 saturated heterocycles. The van der Waals surface area contributed by atoms with Crippen LogP contribution in [0.5, 0.6) is 0 Å². The summed E-state index contributed by atoms with van der Waals surface area (Å²) in [5.41, 5.74) is 1.09. The van der Waals surface area contributed by atoms with Crippen LogP contribution < -0.4 is 15.0 Å². The standard InChI is InChI=1S/C20H11FN4O4S/c21-11-7-5-10(6-8-11)17-22-20-25(23-17)19(29)16(30-20)15-12-3-1-2-4-13(12)24(18(15)28)9-14(26)27/h1-8H,9H2,(H,26,27). The molecular formula is C20H11FN4O4S. The number of rotatable bonds is 3. The third-order valence-electron chi connectivity index (χ3n) is 4.70. The molecule has 8 nitrogen and oxygen atoms in total. The molecule has 0 unspecified atom stereocenters. The molecule has 0 bridgehead atoms. The second-order valence-corrected chi connectivity index (χ2v) is 7.53. The Bertz CT molecular complexity index is 1460. The van der Waals surface area contributed by atoms with Gasteiger partial charge in [-0.2, -0.15) is 9.50 Å². The lowest BCUT2D eigenvalue weighted by molar-refractivity contribution is -0.136. The second-order valence-electron chi connectivity index (χ2n) is 6.55. The Labute approximate surface area is 171 Å². The average Bonchev–Trinajstić information content (AvgIpc) is 3.35. The van der Waals surface area contributed by atoms with Crippen molar-refractivity contribution >= 4 is 39.4 Å². The second kappa shape index (κ2) is 6.56. The number of amides is 1. The molecule has 2 aromatic carbocycles. The smallest absolute Gasteiger partial charge is 0.323 e. The van der Waals surface area contributed by atoms with E-state index in [9.17, 15) is 18.8 Å². The van der Waals surface area contributed by atoms with Crippen LogP contribution in [0.15, 0.2) is 53.3 Å². The fourth-order valence-corrected chi connectivity index (χ4v) is 4.40. The highest BCUT2D eigenvalue weighted by Crippen LogP contribution is 2.35. The van der Waals surface area contributed by atoms with Crippen LogP contribution in [0.3, 0.4) is 0 Å². The van der Waals surface area contributed by atoms with Crippen LogP contribution in [-0.2, 0) is 9.59 Å². The van der Waals surface area contributed by atoms with Crippen molar-refractivity contribution in [2.45, 2.75) is 0 Å². The maximum absolute atomic E-state index is 13.1. The Balaban J connectivity index is 1.70. The van der Waals surface area contributed by atoms with Gasteiger partial charge in [0.25, 0.3) is 11.5 Å². The number of thiazole rings is 1. The van der Waals surface area contributed by atoms with E-state index in [1.165, 1.54) is 24.3 Å². The van der Waals surface area contributed by atoms with Gasteiger partial charge in [-0.15, -0.1) is 5.10 Å². The highest BCUT2D eigenvalue weighted by Gasteiger charge is 2.35. The highest BCUT2D eigenvalue weighted by atomic mass is 32.1. The molecule has 1 aliphatic rings. The van der Waals surface area contributed by atoms with Gasteiger partial charge in [0.1, 0.15) is 16.9 Å². The van der Waals surface area contributed by atoms with Gasteiger partial charge in [-0.1, -0.05) is 29.5 Å². The minimum Gasteiger partial charge on any atom is -0.480 e. The van der Waals surface area contributed by atoms with Gasteiger partial charge >= 0.3 is 5.97 Å². The monoisotopic (exact) mass is 422 g/mol. The van der Waals surface area contributed by atoms with Crippen molar-refractivity contribution < 1.29 is 19.1 Å². The number of carboxylic acids is 1. The minimum absolute atomic E-state index is 0.137. The molecule has 0 aliphatic carbocycles. The van der Waals surface area contributed by atoms with Crippen LogP contribution in [0.2, 0.25) is 0 Å². The van der Waals surface area contributed by atoms with Gasteiger partial charge in [0.05, 0.1) is 11.3 Å². The zero-order valence-electron chi connectivity index (χ0n) is 15.1. The summed E-state index contributed by atoms with van der Waals surface area (Å²) >= 11 is 0.999. The minimum atomic E-state index is -1.16. The fraction of sp³-hybridized carbons (Fsp3) is 0.0500. The summed E-state index contributed by atoms with van der Waals surface area (Å²) in [6.07, 6.45) is 0. The summed E-state index contributed by atoms with van der Waals surface area (Å²) in [4.78, 5) is 42.9. The molecule has 2 aromatic heterocycles. The van der Waals surface area contributed by atoms with Crippen LogP contribution in [0.4, 0.5) is 10.1 Å². The van der Waals surface area contributed by atoms with Gasteiger partial charge in [-0.25, -0.2) is 4.39 Å². The van der Waals surface area contributed by atoms with Crippen molar-refractivity contribution in [3.8, 4) is 11.4 Å². The quantitative estimate of drug-likeness (QED) is 0.534. The van der Waals surface area contributed by atoms with E-state index in [1.54, 1.807) is 24.3 Å². The molecule has 0 saturated carbocycles. The number of fused-ring (bicyclic) bond motifs is 2. The molecule has 30 heavy (non-hydrogen) atoms. The Morgan fingerprint density at radius 3 is 2.53 bits per heavy atom. The predicted molar refractivity (Wildman–Crippen MR) is 107 cm³/mol. The van der Waals surface area contributed by atoms with E-state index in [0.717, 1.165) is 20.8 Å². The number of carboxylic acid groups (broad SMARTS) is 1. The lowest BCUT2D eigenvalue weighted by Gasteiger charge is -2.13. The maximum atomic E-state index is 13.1. The summed E-state index contributed by atoms with van der Waals surface area (Å²) in [6, 6.07) is 12.3.